The Balaban J connectivity index is 1.72. The number of amides is 1. The first-order valence-corrected chi connectivity index (χ1v) is 7.65. The summed E-state index contributed by atoms with van der Waals surface area (Å²) in [6.07, 6.45) is 3.46. The molecule has 112 valence electrons. The molecule has 21 heavy (non-hydrogen) atoms. The van der Waals surface area contributed by atoms with Crippen LogP contribution >= 0.6 is 0 Å². The highest BCUT2D eigenvalue weighted by atomic mass is 16.4. The van der Waals surface area contributed by atoms with E-state index in [1.165, 1.54) is 6.42 Å². The molecule has 2 saturated carbocycles. The van der Waals surface area contributed by atoms with E-state index >= 15 is 0 Å². The molecule has 1 amide bonds. The summed E-state index contributed by atoms with van der Waals surface area (Å²) in [5, 5.41) is 12.1. The fraction of sp³-hybridized carbons (Fsp3) is 0.529. The molecule has 1 aromatic carbocycles. The number of hydrogen-bond donors (Lipinski definition) is 2. The number of carboxylic acids is 1. The molecular weight excluding hydrogens is 266 g/mol. The lowest BCUT2D eigenvalue weighted by molar-refractivity contribution is -0.137. The van der Waals surface area contributed by atoms with E-state index in [1.807, 2.05) is 31.2 Å². The normalized spacial score (nSPS) is 27.8. The Bertz CT molecular complexity index is 559. The lowest BCUT2D eigenvalue weighted by Gasteiger charge is -2.20. The van der Waals surface area contributed by atoms with Gasteiger partial charge in [0.05, 0.1) is 12.5 Å². The average Bonchev–Trinajstić information content (AvgIpc) is 2.92. The summed E-state index contributed by atoms with van der Waals surface area (Å²) < 4.78 is 0. The van der Waals surface area contributed by atoms with Crippen LogP contribution in [-0.4, -0.2) is 17.0 Å². The average molecular weight is 287 g/mol. The van der Waals surface area contributed by atoms with Gasteiger partial charge in [0, 0.05) is 5.92 Å². The lowest BCUT2D eigenvalue weighted by Crippen LogP contribution is -2.32. The van der Waals surface area contributed by atoms with Crippen LogP contribution in [0.5, 0.6) is 0 Å². The monoisotopic (exact) mass is 287 g/mol. The van der Waals surface area contributed by atoms with E-state index in [-0.39, 0.29) is 18.2 Å². The highest BCUT2D eigenvalue weighted by molar-refractivity contribution is 5.83. The van der Waals surface area contributed by atoms with E-state index in [0.717, 1.165) is 24.0 Å². The maximum Gasteiger partial charge on any atom is 0.305 e. The van der Waals surface area contributed by atoms with Crippen molar-refractivity contribution in [2.45, 2.75) is 38.6 Å². The molecule has 0 unspecified atom stereocenters. The van der Waals surface area contributed by atoms with Crippen LogP contribution in [0.15, 0.2) is 24.3 Å². The second-order valence-electron chi connectivity index (χ2n) is 6.30. The van der Waals surface area contributed by atoms with Crippen LogP contribution in [0.25, 0.3) is 0 Å². The van der Waals surface area contributed by atoms with Crippen molar-refractivity contribution >= 4 is 11.9 Å². The minimum absolute atomic E-state index is 0.0409. The number of carboxylic acid groups (broad SMARTS) is 1. The molecule has 0 aromatic heterocycles. The van der Waals surface area contributed by atoms with Gasteiger partial charge in [0.15, 0.2) is 0 Å². The first kappa shape index (κ1) is 14.1. The smallest absolute Gasteiger partial charge is 0.305 e. The van der Waals surface area contributed by atoms with Gasteiger partial charge in [-0.15, -0.1) is 0 Å². The first-order valence-electron chi connectivity index (χ1n) is 7.65. The van der Waals surface area contributed by atoms with E-state index in [2.05, 4.69) is 5.32 Å². The molecule has 2 N–H and O–H groups in total. The molecule has 4 nitrogen and oxygen atoms in total. The Labute approximate surface area is 124 Å². The van der Waals surface area contributed by atoms with Crippen molar-refractivity contribution in [3.8, 4) is 0 Å². The van der Waals surface area contributed by atoms with E-state index in [1.54, 1.807) is 0 Å². The minimum atomic E-state index is -0.889. The fourth-order valence-corrected chi connectivity index (χ4v) is 3.87. The topological polar surface area (TPSA) is 66.4 Å². The summed E-state index contributed by atoms with van der Waals surface area (Å²) in [6, 6.07) is 7.22. The van der Waals surface area contributed by atoms with Crippen LogP contribution in [0.1, 0.15) is 42.9 Å². The Kier molecular flexibility index (Phi) is 3.70. The van der Waals surface area contributed by atoms with Gasteiger partial charge < -0.3 is 10.4 Å². The Morgan fingerprint density at radius 1 is 1.29 bits per heavy atom. The number of carbonyl (C=O) groups excluding carboxylic acids is 1. The molecule has 2 aliphatic carbocycles. The molecular formula is C17H21NO3. The number of nitrogens with one attached hydrogen (secondary N) is 1. The number of carbonyl (C=O) groups is 2. The molecule has 4 heteroatoms. The highest BCUT2D eigenvalue weighted by Gasteiger charge is 2.56. The van der Waals surface area contributed by atoms with Crippen molar-refractivity contribution in [3.63, 3.8) is 0 Å². The number of aryl methyl sites for hydroxylation is 1. The number of aliphatic carboxylic acids is 1. The SMILES string of the molecule is Cc1ccccc1[C@H](CC(=O)O)NC(=O)C1[C@@H]2CCC[C@@H]12. The standard InChI is InChI=1S/C17H21NO3/c1-10-5-2-3-6-11(10)14(9-15(19)20)18-17(21)16-12-7-4-8-13(12)16/h2-3,5-6,12-14,16H,4,7-9H2,1H3,(H,18,21)(H,19,20)/t12-,13-,14+/m1/s1. The van der Waals surface area contributed by atoms with Gasteiger partial charge in [0.25, 0.3) is 0 Å². The first-order chi connectivity index (χ1) is 10.1. The molecule has 3 atom stereocenters. The van der Waals surface area contributed by atoms with Crippen molar-refractivity contribution in [1.82, 2.24) is 5.32 Å². The van der Waals surface area contributed by atoms with E-state index in [4.69, 9.17) is 5.11 Å². The zero-order chi connectivity index (χ0) is 15.0. The van der Waals surface area contributed by atoms with Crippen LogP contribution in [0.2, 0.25) is 0 Å². The summed E-state index contributed by atoms with van der Waals surface area (Å²) in [7, 11) is 0. The predicted octanol–water partition coefficient (Wildman–Crippen LogP) is 2.67. The molecule has 0 saturated heterocycles. The Hall–Kier alpha value is -1.84. The van der Waals surface area contributed by atoms with Crippen molar-refractivity contribution in [2.75, 3.05) is 0 Å². The molecule has 0 bridgehead atoms. The summed E-state index contributed by atoms with van der Waals surface area (Å²) in [6.45, 7) is 1.95. The van der Waals surface area contributed by atoms with E-state index in [9.17, 15) is 9.59 Å². The van der Waals surface area contributed by atoms with Crippen LogP contribution in [0.3, 0.4) is 0 Å². The van der Waals surface area contributed by atoms with Crippen LogP contribution in [-0.2, 0) is 9.59 Å². The Morgan fingerprint density at radius 2 is 1.95 bits per heavy atom. The molecule has 0 aliphatic heterocycles. The molecule has 3 rings (SSSR count). The van der Waals surface area contributed by atoms with Gasteiger partial charge in [-0.3, -0.25) is 9.59 Å². The number of fused-ring (bicyclic) bond motifs is 1. The van der Waals surface area contributed by atoms with Gasteiger partial charge in [0.2, 0.25) is 5.91 Å². The quantitative estimate of drug-likeness (QED) is 0.875. The summed E-state index contributed by atoms with van der Waals surface area (Å²) >= 11 is 0. The molecule has 0 spiro atoms. The van der Waals surface area contributed by atoms with Crippen molar-refractivity contribution in [1.29, 1.82) is 0 Å². The van der Waals surface area contributed by atoms with Gasteiger partial charge in [-0.25, -0.2) is 0 Å². The third kappa shape index (κ3) is 2.80. The van der Waals surface area contributed by atoms with Gasteiger partial charge in [-0.05, 0) is 42.7 Å². The van der Waals surface area contributed by atoms with E-state index in [0.29, 0.717) is 11.8 Å². The zero-order valence-corrected chi connectivity index (χ0v) is 12.2. The Morgan fingerprint density at radius 3 is 2.57 bits per heavy atom. The third-order valence-electron chi connectivity index (χ3n) is 4.97. The van der Waals surface area contributed by atoms with Crippen molar-refractivity contribution in [3.05, 3.63) is 35.4 Å². The summed E-state index contributed by atoms with van der Waals surface area (Å²) in [4.78, 5) is 23.5. The highest BCUT2D eigenvalue weighted by Crippen LogP contribution is 2.57. The van der Waals surface area contributed by atoms with Gasteiger partial charge in [-0.1, -0.05) is 30.7 Å². The van der Waals surface area contributed by atoms with Crippen LogP contribution in [0.4, 0.5) is 0 Å². The van der Waals surface area contributed by atoms with Gasteiger partial charge in [-0.2, -0.15) is 0 Å². The number of hydrogen-bond acceptors (Lipinski definition) is 2. The molecule has 0 heterocycles. The predicted molar refractivity (Wildman–Crippen MR) is 78.6 cm³/mol. The second-order valence-corrected chi connectivity index (χ2v) is 6.30. The third-order valence-corrected chi connectivity index (χ3v) is 4.97. The second kappa shape index (κ2) is 5.51. The van der Waals surface area contributed by atoms with Crippen molar-refractivity contribution < 1.29 is 14.7 Å². The number of benzene rings is 1. The van der Waals surface area contributed by atoms with Gasteiger partial charge in [0.1, 0.15) is 0 Å². The molecule has 2 aliphatic rings. The molecule has 0 radical (unpaired) electrons. The van der Waals surface area contributed by atoms with Crippen LogP contribution < -0.4 is 5.32 Å². The molecule has 2 fully saturated rings. The van der Waals surface area contributed by atoms with Crippen LogP contribution in [0, 0.1) is 24.7 Å². The summed E-state index contributed by atoms with van der Waals surface area (Å²) in [5.41, 5.74) is 1.92. The lowest BCUT2D eigenvalue weighted by atomic mass is 9.98. The maximum absolute atomic E-state index is 12.4. The maximum atomic E-state index is 12.4. The zero-order valence-electron chi connectivity index (χ0n) is 12.2. The molecule has 1 aromatic rings. The fourth-order valence-electron chi connectivity index (χ4n) is 3.87. The van der Waals surface area contributed by atoms with Gasteiger partial charge >= 0.3 is 5.97 Å². The largest absolute Gasteiger partial charge is 0.481 e. The van der Waals surface area contributed by atoms with E-state index < -0.39 is 12.0 Å². The number of rotatable bonds is 5. The minimum Gasteiger partial charge on any atom is -0.481 e. The summed E-state index contributed by atoms with van der Waals surface area (Å²) in [5.74, 6) is 0.373. The van der Waals surface area contributed by atoms with Crippen molar-refractivity contribution in [2.24, 2.45) is 17.8 Å².